The first-order valence-corrected chi connectivity index (χ1v) is 14.8. The van der Waals surface area contributed by atoms with Crippen LogP contribution in [0.25, 0.3) is 0 Å². The maximum absolute atomic E-state index is 6.73. The van der Waals surface area contributed by atoms with Crippen LogP contribution in [0.15, 0.2) is 5.16 Å². The van der Waals surface area contributed by atoms with Gasteiger partial charge in [0.2, 0.25) is 0 Å². The molecule has 0 radical (unpaired) electrons. The van der Waals surface area contributed by atoms with Crippen molar-refractivity contribution >= 4 is 14.0 Å². The Morgan fingerprint density at radius 2 is 1.67 bits per heavy atom. The van der Waals surface area contributed by atoms with Gasteiger partial charge in [-0.05, 0) is 112 Å². The fraction of sp³-hybridized carbons (Fsp3) is 0.957. The van der Waals surface area contributed by atoms with Crippen molar-refractivity contribution < 1.29 is 9.26 Å². The lowest BCUT2D eigenvalue weighted by Gasteiger charge is -2.60. The zero-order valence-electron chi connectivity index (χ0n) is 18.5. The molecule has 0 heterocycles. The molecule has 0 aliphatic heterocycles. The minimum atomic E-state index is -1.47. The van der Waals surface area contributed by atoms with Gasteiger partial charge in [0.25, 0.3) is 0 Å². The van der Waals surface area contributed by atoms with E-state index < -0.39 is 8.32 Å². The number of oxime groups is 1. The van der Waals surface area contributed by atoms with Crippen molar-refractivity contribution in [1.82, 2.24) is 0 Å². The van der Waals surface area contributed by atoms with E-state index >= 15 is 0 Å². The zero-order valence-corrected chi connectivity index (χ0v) is 19.5. The maximum Gasteiger partial charge on any atom is 0.184 e. The number of fused-ring (bicyclic) bond motifs is 5. The molecule has 0 bridgehead atoms. The molecule has 0 amide bonds. The molecule has 0 unspecified atom stereocenters. The summed E-state index contributed by atoms with van der Waals surface area (Å²) >= 11 is 0. The molecule has 0 N–H and O–H groups in total. The predicted molar refractivity (Wildman–Crippen MR) is 114 cm³/mol. The van der Waals surface area contributed by atoms with E-state index in [0.717, 1.165) is 30.1 Å². The van der Waals surface area contributed by atoms with Gasteiger partial charge in [-0.25, -0.2) is 0 Å². The van der Waals surface area contributed by atoms with Gasteiger partial charge in [-0.2, -0.15) is 0 Å². The summed E-state index contributed by atoms with van der Waals surface area (Å²) in [5.41, 5.74) is 2.26. The van der Waals surface area contributed by atoms with Crippen molar-refractivity contribution in [3.8, 4) is 0 Å². The number of hydrogen-bond donors (Lipinski definition) is 0. The van der Waals surface area contributed by atoms with Crippen LogP contribution in [0.3, 0.4) is 0 Å². The predicted octanol–water partition coefficient (Wildman–Crippen LogP) is 6.25. The first-order chi connectivity index (χ1) is 12.7. The summed E-state index contributed by atoms with van der Waals surface area (Å²) in [6.07, 6.45) is 12.5. The molecule has 0 aromatic rings. The van der Waals surface area contributed by atoms with E-state index in [-0.39, 0.29) is 0 Å². The normalized spacial score (nSPS) is 48.7. The van der Waals surface area contributed by atoms with Gasteiger partial charge in [0.05, 0.1) is 11.8 Å². The van der Waals surface area contributed by atoms with Gasteiger partial charge >= 0.3 is 0 Å². The van der Waals surface area contributed by atoms with Crippen LogP contribution in [-0.4, -0.2) is 27.2 Å². The van der Waals surface area contributed by atoms with Gasteiger partial charge in [0.15, 0.2) is 8.32 Å². The SMILES string of the molecule is CO/N=C1\CC[C@@]2(C)[C@H](CC[C@@H]3[C@@H]2CC[C@]2(C)[C@@H](O[Si](C)(C)C)CC[C@@H]32)C1. The maximum atomic E-state index is 6.73. The molecule has 4 saturated carbocycles. The third-order valence-corrected chi connectivity index (χ3v) is 10.1. The standard InChI is InChI=1S/C23H41NO2Si/c1-22-13-11-17(24-25-3)15-16(22)7-8-18-19-9-10-21(26-27(4,5)6)23(19,2)14-12-20(18)22/h16,18-21H,7-15H2,1-6H3/b24-17+/t16-,18+,19+,20+,21+,22+,23+/m1/s1. The van der Waals surface area contributed by atoms with Gasteiger partial charge in [0, 0.05) is 0 Å². The van der Waals surface area contributed by atoms with Gasteiger partial charge in [0.1, 0.15) is 7.11 Å². The molecule has 7 atom stereocenters. The Kier molecular flexibility index (Phi) is 5.07. The van der Waals surface area contributed by atoms with Crippen molar-refractivity contribution in [3.63, 3.8) is 0 Å². The van der Waals surface area contributed by atoms with Crippen LogP contribution in [0.4, 0.5) is 0 Å². The molecule has 4 heteroatoms. The number of hydrogen-bond acceptors (Lipinski definition) is 3. The summed E-state index contributed by atoms with van der Waals surface area (Å²) in [5.74, 6) is 3.57. The summed E-state index contributed by atoms with van der Waals surface area (Å²) in [5, 5.41) is 4.32. The Balaban J connectivity index is 1.54. The lowest BCUT2D eigenvalue weighted by molar-refractivity contribution is -0.110. The molecule has 0 aromatic heterocycles. The molecule has 3 nitrogen and oxygen atoms in total. The minimum absolute atomic E-state index is 0.433. The Hall–Kier alpha value is -0.353. The van der Waals surface area contributed by atoms with Gasteiger partial charge < -0.3 is 9.26 Å². The summed E-state index contributed by atoms with van der Waals surface area (Å²) in [4.78, 5) is 5.10. The Morgan fingerprint density at radius 1 is 0.926 bits per heavy atom. The van der Waals surface area contributed by atoms with E-state index in [2.05, 4.69) is 38.6 Å². The van der Waals surface area contributed by atoms with E-state index in [0.29, 0.717) is 16.9 Å². The largest absolute Gasteiger partial charge is 0.414 e. The third kappa shape index (κ3) is 3.33. The van der Waals surface area contributed by atoms with E-state index in [4.69, 9.17) is 9.26 Å². The molecule has 27 heavy (non-hydrogen) atoms. The molecule has 0 aromatic carbocycles. The first-order valence-electron chi connectivity index (χ1n) is 11.4. The van der Waals surface area contributed by atoms with E-state index in [1.54, 1.807) is 7.11 Å². The topological polar surface area (TPSA) is 30.8 Å². The highest BCUT2D eigenvalue weighted by Gasteiger charge is 2.60. The van der Waals surface area contributed by atoms with Crippen LogP contribution in [0.1, 0.15) is 71.6 Å². The first kappa shape index (κ1) is 19.9. The quantitative estimate of drug-likeness (QED) is 0.420. The second kappa shape index (κ2) is 6.86. The lowest BCUT2D eigenvalue weighted by Crippen LogP contribution is -2.54. The van der Waals surface area contributed by atoms with Gasteiger partial charge in [-0.15, -0.1) is 0 Å². The second-order valence-electron chi connectivity index (χ2n) is 11.5. The summed E-state index contributed by atoms with van der Waals surface area (Å²) in [6, 6.07) is 0. The highest BCUT2D eigenvalue weighted by atomic mass is 28.4. The van der Waals surface area contributed by atoms with Crippen LogP contribution in [0.2, 0.25) is 19.6 Å². The van der Waals surface area contributed by atoms with Crippen LogP contribution in [-0.2, 0) is 9.26 Å². The van der Waals surface area contributed by atoms with Gasteiger partial charge in [-0.3, -0.25) is 0 Å². The van der Waals surface area contributed by atoms with Crippen molar-refractivity contribution in [1.29, 1.82) is 0 Å². The molecule has 4 aliphatic rings. The van der Waals surface area contributed by atoms with E-state index in [9.17, 15) is 0 Å². The Bertz CT molecular complexity index is 600. The van der Waals surface area contributed by atoms with Gasteiger partial charge in [-0.1, -0.05) is 19.0 Å². The van der Waals surface area contributed by atoms with E-state index in [1.165, 1.54) is 57.1 Å². The highest BCUT2D eigenvalue weighted by Crippen LogP contribution is 2.66. The smallest absolute Gasteiger partial charge is 0.184 e. The highest BCUT2D eigenvalue weighted by molar-refractivity contribution is 6.69. The van der Waals surface area contributed by atoms with Crippen molar-refractivity contribution in [3.05, 3.63) is 0 Å². The van der Waals surface area contributed by atoms with Crippen LogP contribution in [0.5, 0.6) is 0 Å². The van der Waals surface area contributed by atoms with E-state index in [1.807, 2.05) is 0 Å². The summed E-state index contributed by atoms with van der Waals surface area (Å²) in [7, 11) is 0.221. The lowest BCUT2D eigenvalue weighted by atomic mass is 9.45. The summed E-state index contributed by atoms with van der Waals surface area (Å²) < 4.78 is 6.73. The molecule has 4 aliphatic carbocycles. The molecule has 0 spiro atoms. The molecule has 154 valence electrons. The van der Waals surface area contributed by atoms with Crippen molar-refractivity contribution in [2.24, 2.45) is 39.7 Å². The van der Waals surface area contributed by atoms with Crippen LogP contribution >= 0.6 is 0 Å². The number of rotatable bonds is 3. The van der Waals surface area contributed by atoms with Crippen LogP contribution in [0, 0.1) is 34.5 Å². The number of nitrogens with zero attached hydrogens (tertiary/aromatic N) is 1. The minimum Gasteiger partial charge on any atom is -0.414 e. The average Bonchev–Trinajstić information content (AvgIpc) is 2.90. The molecular formula is C23H41NO2Si. The second-order valence-corrected chi connectivity index (χ2v) is 16.0. The van der Waals surface area contributed by atoms with Crippen molar-refractivity contribution in [2.75, 3.05) is 7.11 Å². The fourth-order valence-corrected chi connectivity index (χ4v) is 9.08. The monoisotopic (exact) mass is 391 g/mol. The van der Waals surface area contributed by atoms with Crippen molar-refractivity contribution in [2.45, 2.75) is 97.4 Å². The zero-order chi connectivity index (χ0) is 19.4. The molecule has 0 saturated heterocycles. The Labute approximate surface area is 167 Å². The molecule has 4 rings (SSSR count). The van der Waals surface area contributed by atoms with Crippen LogP contribution < -0.4 is 0 Å². The molecule has 4 fully saturated rings. The average molecular weight is 392 g/mol. The summed E-state index contributed by atoms with van der Waals surface area (Å²) in [6.45, 7) is 12.3. The third-order valence-electron chi connectivity index (χ3n) is 9.13. The Morgan fingerprint density at radius 3 is 2.37 bits per heavy atom. The molecular weight excluding hydrogens is 350 g/mol. The fourth-order valence-electron chi connectivity index (χ4n) is 7.84.